The second kappa shape index (κ2) is 5.08. The van der Waals surface area contributed by atoms with Gasteiger partial charge in [-0.25, -0.2) is 4.79 Å². The summed E-state index contributed by atoms with van der Waals surface area (Å²) >= 11 is 0. The van der Waals surface area contributed by atoms with E-state index < -0.39 is 5.60 Å². The summed E-state index contributed by atoms with van der Waals surface area (Å²) in [7, 11) is 0. The highest BCUT2D eigenvalue weighted by Gasteiger charge is 2.18. The molecule has 4 heteroatoms. The molecule has 0 fully saturated rings. The minimum atomic E-state index is -0.510. The van der Waals surface area contributed by atoms with E-state index in [2.05, 4.69) is 0 Å². The number of hydrogen-bond acceptors (Lipinski definition) is 4. The Morgan fingerprint density at radius 2 is 2.00 bits per heavy atom. The first-order valence-electron chi connectivity index (χ1n) is 5.59. The number of anilines is 1. The summed E-state index contributed by atoms with van der Waals surface area (Å²) in [5.74, 6) is 0.134. The van der Waals surface area contributed by atoms with Crippen LogP contribution in [0.25, 0.3) is 0 Å². The second-order valence-electron chi connectivity index (χ2n) is 4.69. The Morgan fingerprint density at radius 1 is 1.35 bits per heavy atom. The Kier molecular flexibility index (Phi) is 3.99. The molecule has 1 aromatic carbocycles. The van der Waals surface area contributed by atoms with Crippen molar-refractivity contribution in [1.82, 2.24) is 0 Å². The minimum absolute atomic E-state index is 0.376. The van der Waals surface area contributed by atoms with E-state index in [1.807, 2.05) is 27.7 Å². The molecule has 4 nitrogen and oxygen atoms in total. The van der Waals surface area contributed by atoms with Gasteiger partial charge in [-0.1, -0.05) is 0 Å². The van der Waals surface area contributed by atoms with Crippen LogP contribution < -0.4 is 10.5 Å². The number of esters is 1. The molecule has 0 heterocycles. The number of carbonyl (C=O) groups excluding carboxylic acids is 1. The quantitative estimate of drug-likeness (QED) is 0.648. The Morgan fingerprint density at radius 3 is 2.53 bits per heavy atom. The van der Waals surface area contributed by atoms with Gasteiger partial charge in [0.05, 0.1) is 17.9 Å². The topological polar surface area (TPSA) is 61.5 Å². The van der Waals surface area contributed by atoms with E-state index in [4.69, 9.17) is 15.2 Å². The maximum Gasteiger partial charge on any atom is 0.338 e. The molecule has 94 valence electrons. The van der Waals surface area contributed by atoms with Crippen molar-refractivity contribution in [1.29, 1.82) is 0 Å². The number of hydrogen-bond donors (Lipinski definition) is 1. The minimum Gasteiger partial charge on any atom is -0.492 e. The van der Waals surface area contributed by atoms with Gasteiger partial charge in [0.1, 0.15) is 11.4 Å². The van der Waals surface area contributed by atoms with Gasteiger partial charge in [0, 0.05) is 0 Å². The standard InChI is InChI=1S/C13H19NO3/c1-5-16-11-8-9(6-7-10(11)14)12(15)17-13(2,3)4/h6-8H,5,14H2,1-4H3. The van der Waals surface area contributed by atoms with E-state index in [0.29, 0.717) is 23.6 Å². The van der Waals surface area contributed by atoms with E-state index in [0.717, 1.165) is 0 Å². The zero-order valence-corrected chi connectivity index (χ0v) is 10.7. The largest absolute Gasteiger partial charge is 0.492 e. The SMILES string of the molecule is CCOc1cc(C(=O)OC(C)(C)C)ccc1N. The van der Waals surface area contributed by atoms with Gasteiger partial charge >= 0.3 is 5.97 Å². The lowest BCUT2D eigenvalue weighted by Gasteiger charge is -2.19. The van der Waals surface area contributed by atoms with Crippen LogP contribution in [-0.2, 0) is 4.74 Å². The molecule has 0 aliphatic carbocycles. The molecule has 0 aliphatic heterocycles. The molecule has 17 heavy (non-hydrogen) atoms. The molecule has 0 atom stereocenters. The Hall–Kier alpha value is -1.71. The third-order valence-corrected chi connectivity index (χ3v) is 1.95. The molecule has 0 radical (unpaired) electrons. The average molecular weight is 237 g/mol. The van der Waals surface area contributed by atoms with Crippen molar-refractivity contribution in [2.75, 3.05) is 12.3 Å². The molecule has 0 amide bonds. The van der Waals surface area contributed by atoms with Crippen LogP contribution in [0.4, 0.5) is 5.69 Å². The molecular formula is C13H19NO3. The first kappa shape index (κ1) is 13.4. The summed E-state index contributed by atoms with van der Waals surface area (Å²) in [6.45, 7) is 7.84. The highest BCUT2D eigenvalue weighted by atomic mass is 16.6. The van der Waals surface area contributed by atoms with Crippen LogP contribution >= 0.6 is 0 Å². The van der Waals surface area contributed by atoms with Crippen LogP contribution in [0.1, 0.15) is 38.1 Å². The third kappa shape index (κ3) is 3.98. The number of rotatable bonds is 3. The van der Waals surface area contributed by atoms with Crippen molar-refractivity contribution in [2.24, 2.45) is 0 Å². The van der Waals surface area contributed by atoms with Crippen LogP contribution in [0.2, 0.25) is 0 Å². The molecule has 0 saturated carbocycles. The van der Waals surface area contributed by atoms with Crippen LogP contribution in [0.5, 0.6) is 5.75 Å². The van der Waals surface area contributed by atoms with E-state index in [1.165, 1.54) is 0 Å². The van der Waals surface area contributed by atoms with E-state index in [9.17, 15) is 4.79 Å². The van der Waals surface area contributed by atoms with Crippen molar-refractivity contribution < 1.29 is 14.3 Å². The van der Waals surface area contributed by atoms with Gasteiger partial charge in [0.25, 0.3) is 0 Å². The zero-order chi connectivity index (χ0) is 13.1. The van der Waals surface area contributed by atoms with Gasteiger partial charge in [-0.15, -0.1) is 0 Å². The Labute approximate surface area is 102 Å². The fourth-order valence-electron chi connectivity index (χ4n) is 1.28. The highest BCUT2D eigenvalue weighted by Crippen LogP contribution is 2.24. The first-order chi connectivity index (χ1) is 7.83. The van der Waals surface area contributed by atoms with Crippen molar-refractivity contribution in [3.8, 4) is 5.75 Å². The third-order valence-electron chi connectivity index (χ3n) is 1.95. The van der Waals surface area contributed by atoms with Gasteiger partial charge in [0.15, 0.2) is 0 Å². The normalized spacial score (nSPS) is 11.1. The van der Waals surface area contributed by atoms with Crippen LogP contribution in [-0.4, -0.2) is 18.2 Å². The maximum absolute atomic E-state index is 11.8. The zero-order valence-electron chi connectivity index (χ0n) is 10.7. The lowest BCUT2D eigenvalue weighted by atomic mass is 10.1. The van der Waals surface area contributed by atoms with Crippen LogP contribution in [0.15, 0.2) is 18.2 Å². The molecular weight excluding hydrogens is 218 g/mol. The molecule has 0 bridgehead atoms. The van der Waals surface area contributed by atoms with Crippen molar-refractivity contribution in [3.63, 3.8) is 0 Å². The average Bonchev–Trinajstić information content (AvgIpc) is 2.19. The van der Waals surface area contributed by atoms with Gasteiger partial charge in [0.2, 0.25) is 0 Å². The predicted molar refractivity (Wildman–Crippen MR) is 67.2 cm³/mol. The van der Waals surface area contributed by atoms with Crippen LogP contribution in [0.3, 0.4) is 0 Å². The lowest BCUT2D eigenvalue weighted by molar-refractivity contribution is 0.00692. The summed E-state index contributed by atoms with van der Waals surface area (Å²) in [6, 6.07) is 4.88. The number of carbonyl (C=O) groups is 1. The highest BCUT2D eigenvalue weighted by molar-refractivity contribution is 5.91. The first-order valence-corrected chi connectivity index (χ1v) is 5.59. The molecule has 0 unspecified atom stereocenters. The van der Waals surface area contributed by atoms with Crippen molar-refractivity contribution in [2.45, 2.75) is 33.3 Å². The fourth-order valence-corrected chi connectivity index (χ4v) is 1.28. The van der Waals surface area contributed by atoms with Gasteiger partial charge < -0.3 is 15.2 Å². The Bertz CT molecular complexity index is 408. The molecule has 0 saturated heterocycles. The summed E-state index contributed by atoms with van der Waals surface area (Å²) in [5.41, 5.74) is 6.17. The van der Waals surface area contributed by atoms with E-state index >= 15 is 0 Å². The summed E-state index contributed by atoms with van der Waals surface area (Å²) in [4.78, 5) is 11.8. The molecule has 1 rings (SSSR count). The fraction of sp³-hybridized carbons (Fsp3) is 0.462. The summed E-state index contributed by atoms with van der Waals surface area (Å²) in [5, 5.41) is 0. The number of ether oxygens (including phenoxy) is 2. The van der Waals surface area contributed by atoms with E-state index in [-0.39, 0.29) is 5.97 Å². The molecule has 0 aromatic heterocycles. The van der Waals surface area contributed by atoms with Crippen molar-refractivity contribution in [3.05, 3.63) is 23.8 Å². The van der Waals surface area contributed by atoms with E-state index in [1.54, 1.807) is 18.2 Å². The number of nitrogens with two attached hydrogens (primary N) is 1. The molecule has 0 spiro atoms. The van der Waals surface area contributed by atoms with Gasteiger partial charge in [-0.2, -0.15) is 0 Å². The monoisotopic (exact) mass is 237 g/mol. The number of benzene rings is 1. The molecule has 0 aliphatic rings. The maximum atomic E-state index is 11.8. The Balaban J connectivity index is 2.91. The summed E-state index contributed by atoms with van der Waals surface area (Å²) < 4.78 is 10.6. The van der Waals surface area contributed by atoms with Gasteiger partial charge in [-0.05, 0) is 45.9 Å². The second-order valence-corrected chi connectivity index (χ2v) is 4.69. The smallest absolute Gasteiger partial charge is 0.338 e. The van der Waals surface area contributed by atoms with Crippen molar-refractivity contribution >= 4 is 11.7 Å². The molecule has 1 aromatic rings. The number of nitrogen functional groups attached to an aromatic ring is 1. The summed E-state index contributed by atoms with van der Waals surface area (Å²) in [6.07, 6.45) is 0. The van der Waals surface area contributed by atoms with Gasteiger partial charge in [-0.3, -0.25) is 0 Å². The van der Waals surface area contributed by atoms with Crippen LogP contribution in [0, 0.1) is 0 Å². The predicted octanol–water partition coefficient (Wildman–Crippen LogP) is 2.62. The lowest BCUT2D eigenvalue weighted by Crippen LogP contribution is -2.23. The molecule has 2 N–H and O–H groups in total.